The van der Waals surface area contributed by atoms with Gasteiger partial charge in [-0.15, -0.1) is 0 Å². The van der Waals surface area contributed by atoms with E-state index in [-0.39, 0.29) is 25.7 Å². The number of phosphoric ester groups is 2. The highest BCUT2D eigenvalue weighted by molar-refractivity contribution is 7.47. The summed E-state index contributed by atoms with van der Waals surface area (Å²) in [5.74, 6) is -2.43. The van der Waals surface area contributed by atoms with Gasteiger partial charge in [-0.2, -0.15) is 0 Å². The Morgan fingerprint density at radius 1 is 0.278 bits per heavy atom. The molecule has 0 aromatic heterocycles. The summed E-state index contributed by atoms with van der Waals surface area (Å²) in [6, 6.07) is 0. The van der Waals surface area contributed by atoms with Crippen molar-refractivity contribution in [1.82, 2.24) is 0 Å². The Kier molecular flexibility index (Phi) is 74.5. The first-order chi connectivity index (χ1) is 52.7. The highest BCUT2D eigenvalue weighted by Gasteiger charge is 2.30. The molecule has 0 aliphatic carbocycles. The fourth-order valence-corrected chi connectivity index (χ4v) is 11.6. The van der Waals surface area contributed by atoms with Crippen LogP contribution >= 0.6 is 15.6 Å². The van der Waals surface area contributed by atoms with Gasteiger partial charge in [-0.25, -0.2) is 9.13 Å². The van der Waals surface area contributed by atoms with Gasteiger partial charge >= 0.3 is 39.5 Å². The average Bonchev–Trinajstić information content (AvgIpc) is 0.901. The second kappa shape index (κ2) is 79.0. The van der Waals surface area contributed by atoms with Crippen LogP contribution in [0.1, 0.15) is 285 Å². The fraction of sp³-hybridized carbons (Fsp3) is 0.596. The van der Waals surface area contributed by atoms with E-state index >= 15 is 0 Å². The molecular formula is C89H142O17P2. The highest BCUT2D eigenvalue weighted by Crippen LogP contribution is 2.45. The number of carbonyl (C=O) groups is 4. The Morgan fingerprint density at radius 2 is 0.528 bits per heavy atom. The second-order valence-electron chi connectivity index (χ2n) is 26.2. The van der Waals surface area contributed by atoms with Gasteiger partial charge in [0.25, 0.3) is 0 Å². The number of esters is 4. The molecule has 5 atom stereocenters. The first kappa shape index (κ1) is 102. The molecule has 0 aliphatic rings. The molecule has 0 heterocycles. The maximum atomic E-state index is 13.1. The maximum absolute atomic E-state index is 13.1. The monoisotopic (exact) mass is 1540 g/mol. The van der Waals surface area contributed by atoms with E-state index in [9.17, 15) is 43.2 Å². The van der Waals surface area contributed by atoms with E-state index in [2.05, 4.69) is 186 Å². The molecule has 0 spiro atoms. The number of ether oxygens (including phenoxy) is 4. The largest absolute Gasteiger partial charge is 0.472 e. The quantitative estimate of drug-likeness (QED) is 0.0169. The SMILES string of the molecule is CC/C=C\C/C=C\C/C=C\C/C=C\C/C=C\CCCC(=O)OCC(COP(=O)(O)OCC(O)COP(=O)(O)OCC(COC(=O)CCCCCCCC/C=C\C/C=C\C/C=C\CCCCC)OC(=O)C/C=C\C/C=C\C/C=C\C/C=C\C/C=C\CC)OC(=O)CCCCCCCCC/C=C\C/C=C\C/C=C\CC. The topological polar surface area (TPSA) is 237 Å². The number of hydrogen-bond acceptors (Lipinski definition) is 15. The van der Waals surface area contributed by atoms with Crippen LogP contribution in [-0.2, 0) is 65.4 Å². The van der Waals surface area contributed by atoms with Crippen LogP contribution in [0.4, 0.5) is 0 Å². The van der Waals surface area contributed by atoms with E-state index in [0.717, 1.165) is 180 Å². The van der Waals surface area contributed by atoms with Crippen LogP contribution in [0.5, 0.6) is 0 Å². The zero-order valence-electron chi connectivity index (χ0n) is 66.7. The number of hydrogen-bond donors (Lipinski definition) is 3. The van der Waals surface area contributed by atoms with Crippen molar-refractivity contribution < 1.29 is 80.2 Å². The summed E-state index contributed by atoms with van der Waals surface area (Å²) in [6.45, 7) is 4.28. The van der Waals surface area contributed by atoms with Gasteiger partial charge in [0.05, 0.1) is 32.8 Å². The first-order valence-corrected chi connectivity index (χ1v) is 43.7. The number of carbonyl (C=O) groups excluding carboxylic acids is 4. The van der Waals surface area contributed by atoms with E-state index in [1.807, 2.05) is 24.3 Å². The Morgan fingerprint density at radius 3 is 0.861 bits per heavy atom. The first-order valence-electron chi connectivity index (χ1n) is 40.7. The molecule has 0 bridgehead atoms. The Hall–Kier alpha value is -6.10. The van der Waals surface area contributed by atoms with E-state index < -0.39 is 97.5 Å². The van der Waals surface area contributed by atoms with E-state index in [1.165, 1.54) is 19.3 Å². The fourth-order valence-electron chi connectivity index (χ4n) is 10.00. The minimum absolute atomic E-state index is 0.0609. The van der Waals surface area contributed by atoms with Crippen LogP contribution in [0.15, 0.2) is 194 Å². The van der Waals surface area contributed by atoms with Gasteiger partial charge in [-0.05, 0) is 161 Å². The predicted octanol–water partition coefficient (Wildman–Crippen LogP) is 24.1. The van der Waals surface area contributed by atoms with Crippen LogP contribution in [0.25, 0.3) is 0 Å². The number of phosphoric acid groups is 2. The molecule has 0 radical (unpaired) electrons. The molecule has 108 heavy (non-hydrogen) atoms. The molecule has 0 aromatic carbocycles. The van der Waals surface area contributed by atoms with Crippen molar-refractivity contribution in [2.24, 2.45) is 0 Å². The molecule has 19 heteroatoms. The lowest BCUT2D eigenvalue weighted by atomic mass is 10.1. The van der Waals surface area contributed by atoms with Crippen molar-refractivity contribution in [3.63, 3.8) is 0 Å². The summed E-state index contributed by atoms with van der Waals surface area (Å²) in [7, 11) is -10.0. The molecule has 5 unspecified atom stereocenters. The maximum Gasteiger partial charge on any atom is 0.472 e. The third kappa shape index (κ3) is 78.0. The average molecular weight is 1550 g/mol. The lowest BCUT2D eigenvalue weighted by Crippen LogP contribution is -2.30. The number of rotatable bonds is 74. The van der Waals surface area contributed by atoms with Crippen molar-refractivity contribution in [3.8, 4) is 0 Å². The molecule has 0 saturated carbocycles. The van der Waals surface area contributed by atoms with Crippen molar-refractivity contribution in [3.05, 3.63) is 194 Å². The smallest absolute Gasteiger partial charge is 0.462 e. The summed E-state index contributed by atoms with van der Waals surface area (Å²) in [6.07, 6.45) is 97.3. The second-order valence-corrected chi connectivity index (χ2v) is 29.1. The van der Waals surface area contributed by atoms with Crippen LogP contribution in [0.2, 0.25) is 0 Å². The summed E-state index contributed by atoms with van der Waals surface area (Å²) in [4.78, 5) is 73.1. The molecule has 0 rings (SSSR count). The highest BCUT2D eigenvalue weighted by atomic mass is 31.2. The van der Waals surface area contributed by atoms with E-state index in [0.29, 0.717) is 32.1 Å². The van der Waals surface area contributed by atoms with E-state index in [1.54, 1.807) is 12.2 Å². The summed E-state index contributed by atoms with van der Waals surface area (Å²) in [5, 5.41) is 10.7. The zero-order valence-corrected chi connectivity index (χ0v) is 68.5. The van der Waals surface area contributed by atoms with Crippen molar-refractivity contribution >= 4 is 39.5 Å². The van der Waals surface area contributed by atoms with Crippen LogP contribution < -0.4 is 0 Å². The summed E-state index contributed by atoms with van der Waals surface area (Å²) < 4.78 is 68.5. The molecule has 3 N–H and O–H groups in total. The number of aliphatic hydroxyl groups is 1. The zero-order chi connectivity index (χ0) is 78.9. The molecular weight excluding hydrogens is 1400 g/mol. The Bertz CT molecular complexity index is 2810. The molecule has 0 aliphatic heterocycles. The number of allylic oxidation sites excluding steroid dienone is 31. The molecule has 17 nitrogen and oxygen atoms in total. The lowest BCUT2D eigenvalue weighted by molar-refractivity contribution is -0.161. The molecule has 0 fully saturated rings. The Balaban J connectivity index is 5.52. The third-order valence-electron chi connectivity index (χ3n) is 16.1. The predicted molar refractivity (Wildman–Crippen MR) is 445 cm³/mol. The van der Waals surface area contributed by atoms with Crippen molar-refractivity contribution in [2.45, 2.75) is 303 Å². The number of aliphatic hydroxyl groups excluding tert-OH is 1. The van der Waals surface area contributed by atoms with Gasteiger partial charge in [0, 0.05) is 19.3 Å². The van der Waals surface area contributed by atoms with Crippen LogP contribution in [0, 0.1) is 0 Å². The van der Waals surface area contributed by atoms with Gasteiger partial charge in [0.15, 0.2) is 12.2 Å². The van der Waals surface area contributed by atoms with Gasteiger partial charge < -0.3 is 33.8 Å². The number of unbranched alkanes of at least 4 members (excludes halogenated alkanes) is 17. The van der Waals surface area contributed by atoms with Gasteiger partial charge in [-0.3, -0.25) is 37.3 Å². The molecule has 0 saturated heterocycles. The Labute approximate surface area is 653 Å². The van der Waals surface area contributed by atoms with E-state index in [4.69, 9.17) is 37.0 Å². The standard InChI is InChI=1S/C89H142O17P2/c1-5-9-13-17-21-25-29-33-37-40-41-44-47-50-54-58-62-66-70-74-87(92)100-79-84(105-88(93)75-71-67-63-59-55-51-45-36-32-28-24-20-16-12-8-4)81-103-107(95,96)101-77-83(90)78-102-108(97,98)104-82-85(106-89(94)76-72-68-64-60-56-52-48-43-39-35-31-27-23-19-15-11-7-3)80-99-86(91)73-69-65-61-57-53-49-46-42-38-34-30-26-22-18-14-10-6-2/h10-12,14-16,21-28,33-39,41,44-46,49,55,57,59,61,67,71,83-85,90H,5-9,13,17-20,29-32,40,42-43,47-48,50-54,56,58,60,62-66,68-70,72-82H2,1-4H3,(H,95,96)(H,97,98)/b14-10-,15-11-,16-12-,25-21-,26-22-,27-23-,28-24-,37-33-,38-34-,39-35-,44-41-,45-36-,49-46-,59-55-,61-57-,71-67-. The minimum atomic E-state index is -5.02. The van der Waals surface area contributed by atoms with Gasteiger partial charge in [0.1, 0.15) is 19.3 Å². The van der Waals surface area contributed by atoms with Crippen molar-refractivity contribution in [1.29, 1.82) is 0 Å². The normalized spacial score (nSPS) is 14.8. The minimum Gasteiger partial charge on any atom is -0.462 e. The van der Waals surface area contributed by atoms with Gasteiger partial charge in [-0.1, -0.05) is 293 Å². The summed E-state index contributed by atoms with van der Waals surface area (Å²) >= 11 is 0. The lowest BCUT2D eigenvalue weighted by Gasteiger charge is -2.21. The molecule has 610 valence electrons. The van der Waals surface area contributed by atoms with Crippen LogP contribution in [-0.4, -0.2) is 96.7 Å². The summed E-state index contributed by atoms with van der Waals surface area (Å²) in [5.41, 5.74) is 0. The molecule has 0 amide bonds. The van der Waals surface area contributed by atoms with Gasteiger partial charge in [0.2, 0.25) is 0 Å². The molecule has 0 aromatic rings. The van der Waals surface area contributed by atoms with Crippen molar-refractivity contribution in [2.75, 3.05) is 39.6 Å². The third-order valence-corrected chi connectivity index (χ3v) is 18.0. The van der Waals surface area contributed by atoms with Crippen LogP contribution in [0.3, 0.4) is 0 Å².